The summed E-state index contributed by atoms with van der Waals surface area (Å²) in [6.45, 7) is 1.13. The van der Waals surface area contributed by atoms with Crippen LogP contribution < -0.4 is 0 Å². The molecule has 0 aromatic heterocycles. The number of carbonyl (C=O) groups excluding carboxylic acids is 2. The molecule has 0 aliphatic rings. The van der Waals surface area contributed by atoms with E-state index in [2.05, 4.69) is 16.5 Å². The highest BCUT2D eigenvalue weighted by atomic mass is 32.2. The Bertz CT molecular complexity index is 680. The van der Waals surface area contributed by atoms with Gasteiger partial charge in [0.15, 0.2) is 13.1 Å². The van der Waals surface area contributed by atoms with Crippen molar-refractivity contribution in [1.82, 2.24) is 0 Å². The number of rotatable bonds is 9. The lowest BCUT2D eigenvalue weighted by Crippen LogP contribution is -2.51. The van der Waals surface area contributed by atoms with E-state index in [1.54, 1.807) is 12.1 Å². The maximum atomic E-state index is 12.2. The number of esters is 2. The molecule has 0 bridgehead atoms. The van der Waals surface area contributed by atoms with Crippen molar-refractivity contribution in [3.8, 4) is 0 Å². The van der Waals surface area contributed by atoms with Crippen LogP contribution in [-0.4, -0.2) is 65.3 Å². The van der Waals surface area contributed by atoms with E-state index in [1.165, 1.54) is 26.4 Å². The van der Waals surface area contributed by atoms with Gasteiger partial charge >= 0.3 is 11.9 Å². The molecule has 0 N–H and O–H groups in total. The highest BCUT2D eigenvalue weighted by molar-refractivity contribution is 7.86. The third-order valence-electron chi connectivity index (χ3n) is 3.50. The van der Waals surface area contributed by atoms with Gasteiger partial charge in [0.1, 0.15) is 6.61 Å². The van der Waals surface area contributed by atoms with Crippen molar-refractivity contribution in [2.75, 3.05) is 40.5 Å². The quantitative estimate of drug-likeness (QED) is 0.271. The molecule has 0 atom stereocenters. The van der Waals surface area contributed by atoms with Gasteiger partial charge in [-0.3, -0.25) is 4.18 Å². The Morgan fingerprint density at radius 2 is 1.52 bits per heavy atom. The third-order valence-corrected chi connectivity index (χ3v) is 4.82. The number of methoxy groups -OCH3 is 2. The zero-order valence-electron chi connectivity index (χ0n) is 14.6. The first-order valence-corrected chi connectivity index (χ1v) is 8.83. The number of carbonyl (C=O) groups is 2. The van der Waals surface area contributed by atoms with Crippen LogP contribution in [0.2, 0.25) is 0 Å². The molecule has 1 rings (SSSR count). The summed E-state index contributed by atoms with van der Waals surface area (Å²) in [7, 11) is 2.30. The largest absolute Gasteiger partial charge is 0.465 e. The first-order chi connectivity index (χ1) is 11.6. The van der Waals surface area contributed by atoms with Crippen LogP contribution >= 0.6 is 0 Å². The molecule has 0 saturated carbocycles. The van der Waals surface area contributed by atoms with Gasteiger partial charge in [-0.2, -0.15) is 8.42 Å². The highest BCUT2D eigenvalue weighted by Crippen LogP contribution is 2.14. The number of ether oxygens (including phenoxy) is 2. The summed E-state index contributed by atoms with van der Waals surface area (Å²) in [5.74, 6) is -1.17. The second kappa shape index (κ2) is 8.93. The minimum Gasteiger partial charge on any atom is -0.465 e. The number of quaternary nitrogens is 1. The fourth-order valence-electron chi connectivity index (χ4n) is 2.00. The van der Waals surface area contributed by atoms with Gasteiger partial charge in [0.2, 0.25) is 0 Å². The zero-order chi connectivity index (χ0) is 19.1. The van der Waals surface area contributed by atoms with Crippen molar-refractivity contribution in [3.05, 3.63) is 36.9 Å². The van der Waals surface area contributed by atoms with E-state index in [4.69, 9.17) is 4.18 Å². The number of hydrogen-bond donors (Lipinski definition) is 0. The molecule has 0 saturated heterocycles. The van der Waals surface area contributed by atoms with Crippen LogP contribution in [0.3, 0.4) is 0 Å². The first-order valence-electron chi connectivity index (χ1n) is 7.42. The molecule has 25 heavy (non-hydrogen) atoms. The summed E-state index contributed by atoms with van der Waals surface area (Å²) in [5, 5.41) is 0. The van der Waals surface area contributed by atoms with Gasteiger partial charge in [-0.15, -0.1) is 7.05 Å². The summed E-state index contributed by atoms with van der Waals surface area (Å²) in [4.78, 5) is 23.1. The number of hydrogen-bond acceptors (Lipinski definition) is 7. The van der Waals surface area contributed by atoms with Crippen LogP contribution in [0.5, 0.6) is 0 Å². The predicted molar refractivity (Wildman–Crippen MR) is 88.6 cm³/mol. The van der Waals surface area contributed by atoms with Crippen LogP contribution in [0, 0.1) is 14.0 Å². The van der Waals surface area contributed by atoms with Crippen molar-refractivity contribution in [2.45, 2.75) is 11.8 Å². The molecule has 140 valence electrons. The van der Waals surface area contributed by atoms with Crippen molar-refractivity contribution in [2.24, 2.45) is 0 Å². The molecule has 0 aliphatic heterocycles. The van der Waals surface area contributed by atoms with Crippen LogP contribution in [0.1, 0.15) is 5.56 Å². The lowest BCUT2D eigenvalue weighted by molar-refractivity contribution is -0.871. The molecular formula is C16H23NO7S. The summed E-state index contributed by atoms with van der Waals surface area (Å²) in [5.41, 5.74) is 0.920. The van der Waals surface area contributed by atoms with Crippen molar-refractivity contribution in [3.63, 3.8) is 0 Å². The van der Waals surface area contributed by atoms with Crippen LogP contribution in [0.25, 0.3) is 0 Å². The molecule has 0 unspecified atom stereocenters. The number of aryl methyl sites for hydroxylation is 1. The Morgan fingerprint density at radius 1 is 1.04 bits per heavy atom. The van der Waals surface area contributed by atoms with E-state index in [0.717, 1.165) is 5.56 Å². The van der Waals surface area contributed by atoms with Gasteiger partial charge in [0, 0.05) is 0 Å². The maximum Gasteiger partial charge on any atom is 0.359 e. The van der Waals surface area contributed by atoms with E-state index < -0.39 is 22.1 Å². The minimum absolute atomic E-state index is 0.00467. The lowest BCUT2D eigenvalue weighted by Gasteiger charge is -2.39. The average molecular weight is 373 g/mol. The SMILES string of the molecule is [CH2-][N+](CCOS(=O)(=O)c1ccc(C)cc1)(CC(=O)OC)CC(=O)OC. The van der Waals surface area contributed by atoms with Crippen LogP contribution in [-0.2, 0) is 33.4 Å². The number of nitrogens with zero attached hydrogens (tertiary/aromatic N) is 1. The molecule has 0 fully saturated rings. The number of benzene rings is 1. The average Bonchev–Trinajstić information content (AvgIpc) is 2.54. The van der Waals surface area contributed by atoms with E-state index in [1.807, 2.05) is 6.92 Å². The smallest absolute Gasteiger partial charge is 0.359 e. The van der Waals surface area contributed by atoms with Gasteiger partial charge in [-0.1, -0.05) is 17.7 Å². The lowest BCUT2D eigenvalue weighted by atomic mass is 10.2. The standard InChI is InChI=1S/C16H23NO7S/c1-13-5-7-14(8-6-13)25(20,21)24-10-9-17(2,11-15(18)22-3)12-16(19)23-4/h5-8H,2,9-12H2,1,3-4H3. The Kier molecular flexibility index (Phi) is 7.53. The molecule has 0 spiro atoms. The Balaban J connectivity index is 2.76. The van der Waals surface area contributed by atoms with Crippen molar-refractivity contribution in [1.29, 1.82) is 0 Å². The second-order valence-electron chi connectivity index (χ2n) is 5.62. The van der Waals surface area contributed by atoms with Crippen LogP contribution in [0.15, 0.2) is 29.2 Å². The first kappa shape index (κ1) is 21.1. The van der Waals surface area contributed by atoms with Gasteiger partial charge in [0.25, 0.3) is 10.1 Å². The Labute approximate surface area is 148 Å². The third kappa shape index (κ3) is 6.81. The fraction of sp³-hybridized carbons (Fsp3) is 0.438. The maximum absolute atomic E-state index is 12.2. The molecule has 0 heterocycles. The molecule has 1 aromatic rings. The molecular weight excluding hydrogens is 350 g/mol. The monoisotopic (exact) mass is 373 g/mol. The van der Waals surface area contributed by atoms with Gasteiger partial charge in [0.05, 0.1) is 25.7 Å². The van der Waals surface area contributed by atoms with Crippen molar-refractivity contribution >= 4 is 22.1 Å². The molecule has 0 amide bonds. The normalized spacial score (nSPS) is 11.8. The summed E-state index contributed by atoms with van der Waals surface area (Å²) >= 11 is 0. The summed E-state index contributed by atoms with van der Waals surface area (Å²) in [6.07, 6.45) is 0. The van der Waals surface area contributed by atoms with E-state index in [9.17, 15) is 18.0 Å². The van der Waals surface area contributed by atoms with Gasteiger partial charge < -0.3 is 14.0 Å². The van der Waals surface area contributed by atoms with E-state index in [0.29, 0.717) is 0 Å². The second-order valence-corrected chi connectivity index (χ2v) is 7.24. The fourth-order valence-corrected chi connectivity index (χ4v) is 2.90. The zero-order valence-corrected chi connectivity index (χ0v) is 15.4. The molecule has 9 heteroatoms. The highest BCUT2D eigenvalue weighted by Gasteiger charge is 2.26. The molecule has 0 aliphatic carbocycles. The predicted octanol–water partition coefficient (Wildman–Crippen LogP) is 0.655. The minimum atomic E-state index is -3.94. The van der Waals surface area contributed by atoms with Gasteiger partial charge in [-0.05, 0) is 19.1 Å². The topological polar surface area (TPSA) is 96.0 Å². The Morgan fingerprint density at radius 3 is 1.96 bits per heavy atom. The van der Waals surface area contributed by atoms with Crippen LogP contribution in [0.4, 0.5) is 0 Å². The molecule has 1 aromatic carbocycles. The molecule has 8 nitrogen and oxygen atoms in total. The van der Waals surface area contributed by atoms with Gasteiger partial charge in [-0.25, -0.2) is 9.59 Å². The molecule has 0 radical (unpaired) electrons. The Hall–Kier alpha value is -1.97. The van der Waals surface area contributed by atoms with Crippen molar-refractivity contribution < 1.29 is 36.1 Å². The van der Waals surface area contributed by atoms with E-state index >= 15 is 0 Å². The summed E-state index contributed by atoms with van der Waals surface area (Å²) in [6, 6.07) is 6.21. The summed E-state index contributed by atoms with van der Waals surface area (Å²) < 4.78 is 38.1. The van der Waals surface area contributed by atoms with E-state index in [-0.39, 0.29) is 35.6 Å².